The van der Waals surface area contributed by atoms with Gasteiger partial charge in [0.05, 0.1) is 0 Å². The number of rotatable bonds is 2. The Hall–Kier alpha value is -0.650. The van der Waals surface area contributed by atoms with E-state index >= 15 is 0 Å². The van der Waals surface area contributed by atoms with Crippen LogP contribution < -0.4 is 0 Å². The van der Waals surface area contributed by atoms with Crippen LogP contribution in [0.25, 0.3) is 0 Å². The lowest BCUT2D eigenvalue weighted by Gasteiger charge is -2.25. The molecule has 0 spiro atoms. The van der Waals surface area contributed by atoms with Crippen LogP contribution >= 0.6 is 15.9 Å². The maximum Gasteiger partial charge on any atom is 0.454 e. The highest BCUT2D eigenvalue weighted by atomic mass is 79.9. The Kier molecular flexibility index (Phi) is 3.42. The molecular weight excluding hydrogens is 319 g/mol. The summed E-state index contributed by atoms with van der Waals surface area (Å²) in [5.41, 5.74) is 1.88. The van der Waals surface area contributed by atoms with Gasteiger partial charge in [-0.1, -0.05) is 34.1 Å². The van der Waals surface area contributed by atoms with Crippen molar-refractivity contribution in [1.29, 1.82) is 0 Å². The smallest absolute Gasteiger partial charge is 0.195 e. The van der Waals surface area contributed by atoms with E-state index in [9.17, 15) is 22.0 Å². The SMILES string of the molecule is FC(F)(F)C(F)(F)C(Br)c1ccc2c(c1)CCC2. The molecule has 0 saturated carbocycles. The fraction of sp³-hybridized carbons (Fsp3) is 0.500. The van der Waals surface area contributed by atoms with E-state index in [1.807, 2.05) is 0 Å². The van der Waals surface area contributed by atoms with Gasteiger partial charge in [0.15, 0.2) is 0 Å². The summed E-state index contributed by atoms with van der Waals surface area (Å²) in [5.74, 6) is -4.78. The highest BCUT2D eigenvalue weighted by Crippen LogP contribution is 2.49. The molecule has 0 radical (unpaired) electrons. The molecule has 1 aliphatic carbocycles. The third kappa shape index (κ3) is 2.27. The minimum absolute atomic E-state index is 0.0297. The van der Waals surface area contributed by atoms with E-state index in [0.717, 1.165) is 30.4 Å². The van der Waals surface area contributed by atoms with Gasteiger partial charge in [-0.2, -0.15) is 22.0 Å². The van der Waals surface area contributed by atoms with E-state index in [1.165, 1.54) is 12.1 Å². The summed E-state index contributed by atoms with van der Waals surface area (Å²) in [5, 5.41) is 0. The minimum atomic E-state index is -5.56. The third-order valence-electron chi connectivity index (χ3n) is 3.11. The molecule has 0 nitrogen and oxygen atoms in total. The van der Waals surface area contributed by atoms with Crippen molar-refractivity contribution in [2.45, 2.75) is 36.2 Å². The first-order chi connectivity index (χ1) is 8.23. The molecule has 1 atom stereocenters. The zero-order valence-corrected chi connectivity index (χ0v) is 10.8. The van der Waals surface area contributed by atoms with Crippen LogP contribution in [-0.2, 0) is 12.8 Å². The van der Waals surface area contributed by atoms with Gasteiger partial charge in [0.25, 0.3) is 0 Å². The summed E-state index contributed by atoms with van der Waals surface area (Å²) >= 11 is 2.48. The lowest BCUT2D eigenvalue weighted by molar-refractivity contribution is -0.281. The molecule has 100 valence electrons. The van der Waals surface area contributed by atoms with Gasteiger partial charge in [0.2, 0.25) is 0 Å². The molecule has 2 rings (SSSR count). The topological polar surface area (TPSA) is 0 Å². The van der Waals surface area contributed by atoms with Crippen LogP contribution in [-0.4, -0.2) is 12.1 Å². The van der Waals surface area contributed by atoms with Crippen LogP contribution in [0.4, 0.5) is 22.0 Å². The van der Waals surface area contributed by atoms with E-state index in [-0.39, 0.29) is 5.56 Å². The van der Waals surface area contributed by atoms with Gasteiger partial charge in [0.1, 0.15) is 4.83 Å². The molecule has 1 aliphatic rings. The minimum Gasteiger partial charge on any atom is -0.195 e. The lowest BCUT2D eigenvalue weighted by Crippen LogP contribution is -2.40. The van der Waals surface area contributed by atoms with Crippen molar-refractivity contribution >= 4 is 15.9 Å². The molecule has 0 saturated heterocycles. The monoisotopic (exact) mass is 328 g/mol. The van der Waals surface area contributed by atoms with Crippen molar-refractivity contribution in [3.8, 4) is 0 Å². The van der Waals surface area contributed by atoms with E-state index in [2.05, 4.69) is 15.9 Å². The molecule has 1 aromatic rings. The molecule has 6 heteroatoms. The van der Waals surface area contributed by atoms with E-state index in [0.29, 0.717) is 0 Å². The Balaban J connectivity index is 2.32. The van der Waals surface area contributed by atoms with Crippen LogP contribution in [0.5, 0.6) is 0 Å². The Morgan fingerprint density at radius 3 is 2.22 bits per heavy atom. The van der Waals surface area contributed by atoms with Crippen molar-refractivity contribution in [3.63, 3.8) is 0 Å². The van der Waals surface area contributed by atoms with Gasteiger partial charge in [-0.05, 0) is 36.0 Å². The predicted molar refractivity (Wildman–Crippen MR) is 61.1 cm³/mol. The molecule has 0 amide bonds. The molecule has 1 unspecified atom stereocenters. The average molecular weight is 329 g/mol. The highest BCUT2D eigenvalue weighted by Gasteiger charge is 2.62. The summed E-state index contributed by atoms with van der Waals surface area (Å²) in [4.78, 5) is -2.05. The highest BCUT2D eigenvalue weighted by molar-refractivity contribution is 9.09. The second-order valence-electron chi connectivity index (χ2n) is 4.36. The van der Waals surface area contributed by atoms with Gasteiger partial charge in [-0.3, -0.25) is 0 Å². The zero-order valence-electron chi connectivity index (χ0n) is 9.20. The van der Waals surface area contributed by atoms with E-state index in [1.54, 1.807) is 6.07 Å². The third-order valence-corrected chi connectivity index (χ3v) is 4.22. The van der Waals surface area contributed by atoms with Gasteiger partial charge >= 0.3 is 12.1 Å². The van der Waals surface area contributed by atoms with Gasteiger partial charge in [-0.15, -0.1) is 0 Å². The van der Waals surface area contributed by atoms with Crippen molar-refractivity contribution in [3.05, 3.63) is 34.9 Å². The van der Waals surface area contributed by atoms with Crippen molar-refractivity contribution in [2.75, 3.05) is 0 Å². The standard InChI is InChI=1S/C12H10BrF5/c13-10(11(14,15)12(16,17)18)9-5-4-7-2-1-3-8(7)6-9/h4-6,10H,1-3H2. The Morgan fingerprint density at radius 1 is 1.00 bits per heavy atom. The van der Waals surface area contributed by atoms with E-state index in [4.69, 9.17) is 0 Å². The molecule has 0 aromatic heterocycles. The zero-order chi connectivity index (χ0) is 13.6. The number of aryl methyl sites for hydroxylation is 2. The number of alkyl halides is 6. The molecule has 0 bridgehead atoms. The normalized spacial score (nSPS) is 17.7. The molecule has 18 heavy (non-hydrogen) atoms. The predicted octanol–water partition coefficient (Wildman–Crippen LogP) is 4.81. The van der Waals surface area contributed by atoms with Crippen LogP contribution in [0, 0.1) is 0 Å². The largest absolute Gasteiger partial charge is 0.454 e. The van der Waals surface area contributed by atoms with Gasteiger partial charge in [0, 0.05) is 0 Å². The maximum atomic E-state index is 13.2. The van der Waals surface area contributed by atoms with Gasteiger partial charge < -0.3 is 0 Å². The average Bonchev–Trinajstić information content (AvgIpc) is 2.73. The van der Waals surface area contributed by atoms with Crippen molar-refractivity contribution in [2.24, 2.45) is 0 Å². The fourth-order valence-corrected chi connectivity index (χ4v) is 2.65. The Labute approximate surface area is 109 Å². The summed E-state index contributed by atoms with van der Waals surface area (Å²) < 4.78 is 63.2. The van der Waals surface area contributed by atoms with E-state index < -0.39 is 16.9 Å². The molecule has 0 heterocycles. The Morgan fingerprint density at radius 2 is 1.61 bits per heavy atom. The van der Waals surface area contributed by atoms with Crippen molar-refractivity contribution < 1.29 is 22.0 Å². The number of fused-ring (bicyclic) bond motifs is 1. The fourth-order valence-electron chi connectivity index (χ4n) is 2.10. The number of hydrogen-bond acceptors (Lipinski definition) is 0. The quantitative estimate of drug-likeness (QED) is 0.540. The second-order valence-corrected chi connectivity index (χ2v) is 5.28. The van der Waals surface area contributed by atoms with Crippen LogP contribution in [0.2, 0.25) is 0 Å². The second kappa shape index (κ2) is 4.47. The molecule has 1 aromatic carbocycles. The summed E-state index contributed by atoms with van der Waals surface area (Å²) in [6.45, 7) is 0. The molecular formula is C12H10BrF5. The van der Waals surface area contributed by atoms with Crippen molar-refractivity contribution in [1.82, 2.24) is 0 Å². The summed E-state index contributed by atoms with van der Waals surface area (Å²) in [7, 11) is 0. The Bertz CT molecular complexity index is 452. The first kappa shape index (κ1) is 13.8. The first-order valence-corrected chi connectivity index (χ1v) is 6.35. The van der Waals surface area contributed by atoms with Crippen LogP contribution in [0.1, 0.15) is 27.9 Å². The van der Waals surface area contributed by atoms with Crippen LogP contribution in [0.3, 0.4) is 0 Å². The maximum absolute atomic E-state index is 13.2. The van der Waals surface area contributed by atoms with Crippen LogP contribution in [0.15, 0.2) is 18.2 Å². The summed E-state index contributed by atoms with van der Waals surface area (Å²) in [6.07, 6.45) is -3.04. The number of hydrogen-bond donors (Lipinski definition) is 0. The molecule has 0 fully saturated rings. The number of halogens is 6. The molecule has 0 aliphatic heterocycles. The lowest BCUT2D eigenvalue weighted by atomic mass is 10.0. The van der Waals surface area contributed by atoms with Gasteiger partial charge in [-0.25, -0.2) is 0 Å². The first-order valence-electron chi connectivity index (χ1n) is 5.44. The molecule has 0 N–H and O–H groups in total. The summed E-state index contributed by atoms with van der Waals surface area (Å²) in [6, 6.07) is 4.42. The number of benzene rings is 1.